The molecule has 18 heavy (non-hydrogen) atoms. The van der Waals surface area contributed by atoms with Gasteiger partial charge in [0.25, 0.3) is 0 Å². The van der Waals surface area contributed by atoms with Crippen molar-refractivity contribution in [1.82, 2.24) is 0 Å². The van der Waals surface area contributed by atoms with Gasteiger partial charge in [0.1, 0.15) is 6.10 Å². The zero-order valence-electron chi connectivity index (χ0n) is 11.8. The molecule has 1 rings (SSSR count). The first-order chi connectivity index (χ1) is 8.69. The molecular formula is C16H26O2. The molecule has 1 N–H and O–H groups in total. The highest BCUT2D eigenvalue weighted by molar-refractivity contribution is 5.18. The monoisotopic (exact) mass is 250 g/mol. The van der Waals surface area contributed by atoms with Crippen LogP contribution in [0.3, 0.4) is 0 Å². The molecule has 1 aromatic rings. The maximum absolute atomic E-state index is 10.4. The van der Waals surface area contributed by atoms with Gasteiger partial charge >= 0.3 is 0 Å². The Morgan fingerprint density at radius 3 is 2.39 bits per heavy atom. The molecule has 1 aromatic carbocycles. The third-order valence-corrected chi connectivity index (χ3v) is 3.25. The maximum Gasteiger partial charge on any atom is 0.108 e. The molecule has 0 fully saturated rings. The van der Waals surface area contributed by atoms with Crippen LogP contribution in [-0.2, 0) is 4.74 Å². The van der Waals surface area contributed by atoms with Gasteiger partial charge in [0.2, 0.25) is 0 Å². The van der Waals surface area contributed by atoms with Gasteiger partial charge in [0, 0.05) is 6.61 Å². The van der Waals surface area contributed by atoms with E-state index in [4.69, 9.17) is 4.74 Å². The normalized spacial score (nSPS) is 16.2. The average Bonchev–Trinajstić information content (AvgIpc) is 2.37. The molecular weight excluding hydrogens is 224 g/mol. The molecule has 0 aliphatic carbocycles. The van der Waals surface area contributed by atoms with E-state index in [0.717, 1.165) is 18.4 Å². The number of benzene rings is 1. The third-order valence-electron chi connectivity index (χ3n) is 3.25. The Kier molecular flexibility index (Phi) is 6.99. The molecule has 0 aliphatic heterocycles. The topological polar surface area (TPSA) is 29.5 Å². The van der Waals surface area contributed by atoms with Gasteiger partial charge in [0.15, 0.2) is 0 Å². The maximum atomic E-state index is 10.4. The van der Waals surface area contributed by atoms with E-state index in [9.17, 15) is 5.11 Å². The van der Waals surface area contributed by atoms with Crippen molar-refractivity contribution in [3.05, 3.63) is 35.9 Å². The summed E-state index contributed by atoms with van der Waals surface area (Å²) in [7, 11) is 0. The fraction of sp³-hybridized carbons (Fsp3) is 0.625. The molecule has 0 radical (unpaired) electrons. The quantitative estimate of drug-likeness (QED) is 0.757. The number of rotatable bonds is 8. The first-order valence-corrected chi connectivity index (χ1v) is 7.03. The Morgan fingerprint density at radius 1 is 1.17 bits per heavy atom. The lowest BCUT2D eigenvalue weighted by molar-refractivity contribution is -0.0436. The van der Waals surface area contributed by atoms with Crippen LogP contribution in [-0.4, -0.2) is 17.8 Å². The second-order valence-corrected chi connectivity index (χ2v) is 4.98. The van der Waals surface area contributed by atoms with Gasteiger partial charge in [-0.05, 0) is 24.8 Å². The van der Waals surface area contributed by atoms with Crippen LogP contribution in [0, 0.1) is 5.92 Å². The highest BCUT2D eigenvalue weighted by atomic mass is 16.5. The van der Waals surface area contributed by atoms with E-state index in [-0.39, 0.29) is 6.10 Å². The fourth-order valence-corrected chi connectivity index (χ4v) is 2.40. The Morgan fingerprint density at radius 2 is 1.83 bits per heavy atom. The lowest BCUT2D eigenvalue weighted by atomic mass is 9.93. The largest absolute Gasteiger partial charge is 0.390 e. The molecule has 0 spiro atoms. The number of ether oxygens (including phenoxy) is 1. The molecule has 0 bridgehead atoms. The van der Waals surface area contributed by atoms with Gasteiger partial charge in [-0.15, -0.1) is 0 Å². The van der Waals surface area contributed by atoms with Gasteiger partial charge in [-0.2, -0.15) is 0 Å². The van der Waals surface area contributed by atoms with Crippen LogP contribution in [0.2, 0.25) is 0 Å². The van der Waals surface area contributed by atoms with Crippen molar-refractivity contribution in [2.24, 2.45) is 5.92 Å². The second kappa shape index (κ2) is 8.28. The second-order valence-electron chi connectivity index (χ2n) is 4.98. The van der Waals surface area contributed by atoms with Crippen molar-refractivity contribution in [3.8, 4) is 0 Å². The minimum atomic E-state index is -0.422. The van der Waals surface area contributed by atoms with E-state index >= 15 is 0 Å². The Labute approximate surface area is 111 Å². The summed E-state index contributed by atoms with van der Waals surface area (Å²) in [6.45, 7) is 6.97. The van der Waals surface area contributed by atoms with Gasteiger partial charge < -0.3 is 9.84 Å². The summed E-state index contributed by atoms with van der Waals surface area (Å²) in [5.41, 5.74) is 1.07. The molecule has 3 unspecified atom stereocenters. The first kappa shape index (κ1) is 15.2. The van der Waals surface area contributed by atoms with Gasteiger partial charge in [-0.25, -0.2) is 0 Å². The van der Waals surface area contributed by atoms with Crippen molar-refractivity contribution in [1.29, 1.82) is 0 Å². The predicted octanol–water partition coefficient (Wildman–Crippen LogP) is 3.95. The van der Waals surface area contributed by atoms with Crippen LogP contribution in [0.5, 0.6) is 0 Å². The van der Waals surface area contributed by atoms with Crippen LogP contribution >= 0.6 is 0 Å². The Balaban J connectivity index is 2.66. The molecule has 2 nitrogen and oxygen atoms in total. The van der Waals surface area contributed by atoms with Gasteiger partial charge in [-0.3, -0.25) is 0 Å². The number of hydrogen-bond acceptors (Lipinski definition) is 2. The van der Waals surface area contributed by atoms with E-state index in [1.54, 1.807) is 0 Å². The summed E-state index contributed by atoms with van der Waals surface area (Å²) in [5, 5.41) is 10.4. The highest BCUT2D eigenvalue weighted by Gasteiger charge is 2.22. The van der Waals surface area contributed by atoms with Crippen LogP contribution in [0.15, 0.2) is 30.3 Å². The predicted molar refractivity (Wildman–Crippen MR) is 75.5 cm³/mol. The van der Waals surface area contributed by atoms with E-state index in [2.05, 4.69) is 13.8 Å². The summed E-state index contributed by atoms with van der Waals surface area (Å²) in [6, 6.07) is 10.0. The highest BCUT2D eigenvalue weighted by Crippen LogP contribution is 2.26. The summed E-state index contributed by atoms with van der Waals surface area (Å²) in [4.78, 5) is 0. The molecule has 0 saturated heterocycles. The van der Waals surface area contributed by atoms with Crippen LogP contribution in [0.1, 0.15) is 51.7 Å². The van der Waals surface area contributed by atoms with Gasteiger partial charge in [0.05, 0.1) is 6.10 Å². The van der Waals surface area contributed by atoms with E-state index in [0.29, 0.717) is 12.5 Å². The smallest absolute Gasteiger partial charge is 0.108 e. The molecule has 2 heteroatoms. The van der Waals surface area contributed by atoms with Crippen molar-refractivity contribution >= 4 is 0 Å². The summed E-state index contributed by atoms with van der Waals surface area (Å²) in [6.07, 6.45) is 2.50. The summed E-state index contributed by atoms with van der Waals surface area (Å²) in [5.74, 6) is 0.539. The number of aliphatic hydroxyl groups excluding tert-OH is 1. The van der Waals surface area contributed by atoms with Crippen LogP contribution in [0.25, 0.3) is 0 Å². The van der Waals surface area contributed by atoms with Crippen LogP contribution < -0.4 is 0 Å². The van der Waals surface area contributed by atoms with Crippen molar-refractivity contribution in [2.75, 3.05) is 6.61 Å². The minimum Gasteiger partial charge on any atom is -0.390 e. The lowest BCUT2D eigenvalue weighted by Gasteiger charge is -2.25. The molecule has 3 atom stereocenters. The van der Waals surface area contributed by atoms with E-state index < -0.39 is 6.10 Å². The number of aliphatic hydroxyl groups is 1. The average molecular weight is 250 g/mol. The van der Waals surface area contributed by atoms with Crippen molar-refractivity contribution in [3.63, 3.8) is 0 Å². The van der Waals surface area contributed by atoms with E-state index in [1.165, 1.54) is 6.42 Å². The molecule has 0 aliphatic rings. The Bertz CT molecular complexity index is 310. The Hall–Kier alpha value is -0.860. The standard InChI is InChI=1S/C16H26O2/c1-4-9-13(3)12-15(17)16(18-5-2)14-10-7-6-8-11-14/h6-8,10-11,13,15-17H,4-5,9,12H2,1-3H3. The fourth-order valence-electron chi connectivity index (χ4n) is 2.40. The lowest BCUT2D eigenvalue weighted by Crippen LogP contribution is -2.23. The zero-order valence-corrected chi connectivity index (χ0v) is 11.8. The first-order valence-electron chi connectivity index (χ1n) is 7.03. The van der Waals surface area contributed by atoms with Crippen molar-refractivity contribution in [2.45, 2.75) is 52.2 Å². The minimum absolute atomic E-state index is 0.199. The third kappa shape index (κ3) is 4.79. The molecule has 102 valence electrons. The molecule has 0 saturated carbocycles. The molecule has 0 aromatic heterocycles. The van der Waals surface area contributed by atoms with Gasteiger partial charge in [-0.1, -0.05) is 57.0 Å². The van der Waals surface area contributed by atoms with Crippen LogP contribution in [0.4, 0.5) is 0 Å². The van der Waals surface area contributed by atoms with Crippen molar-refractivity contribution < 1.29 is 9.84 Å². The zero-order chi connectivity index (χ0) is 13.4. The molecule has 0 heterocycles. The van der Waals surface area contributed by atoms with E-state index in [1.807, 2.05) is 37.3 Å². The summed E-state index contributed by atoms with van der Waals surface area (Å²) >= 11 is 0. The molecule has 0 amide bonds. The SMILES string of the molecule is CCCC(C)CC(O)C(OCC)c1ccccc1. The summed E-state index contributed by atoms with van der Waals surface area (Å²) < 4.78 is 5.72. The number of hydrogen-bond donors (Lipinski definition) is 1.